The van der Waals surface area contributed by atoms with Crippen molar-refractivity contribution in [3.63, 3.8) is 0 Å². The molecule has 13 rings (SSSR count). The standard InChI is InChI=1S/C65H42N2O/c1-5-18-43(19-6-1)45-22-17-23-46(36-45)49-37-50(47-33-35-63-57(40-47)55-29-14-16-31-62(55)68-63)39-51(38-49)61-42-60(66-64(67-61)44-20-7-2-8-21-44)48-32-34-59-56(41-48)54-28-13-15-30-58(54)65(59,52-24-9-3-10-25-52)53-26-11-4-12-27-53/h1-42H. The van der Waals surface area contributed by atoms with Gasteiger partial charge in [-0.15, -0.1) is 0 Å². The van der Waals surface area contributed by atoms with Crippen molar-refractivity contribution in [1.82, 2.24) is 9.97 Å². The van der Waals surface area contributed by atoms with Crippen molar-refractivity contribution < 1.29 is 4.42 Å². The summed E-state index contributed by atoms with van der Waals surface area (Å²) in [6.45, 7) is 0. The highest BCUT2D eigenvalue weighted by atomic mass is 16.3. The van der Waals surface area contributed by atoms with E-state index in [1.165, 1.54) is 44.5 Å². The number of nitrogens with zero attached hydrogens (tertiary/aromatic N) is 2. The largest absolute Gasteiger partial charge is 0.456 e. The average molecular weight is 867 g/mol. The lowest BCUT2D eigenvalue weighted by Gasteiger charge is -2.33. The summed E-state index contributed by atoms with van der Waals surface area (Å²) in [5.41, 5.74) is 20.2. The normalized spacial score (nSPS) is 12.5. The van der Waals surface area contributed by atoms with E-state index in [1.54, 1.807) is 0 Å². The van der Waals surface area contributed by atoms with Crippen molar-refractivity contribution in [2.45, 2.75) is 5.41 Å². The van der Waals surface area contributed by atoms with Gasteiger partial charge in [-0.05, 0) is 121 Å². The molecule has 3 heteroatoms. The van der Waals surface area contributed by atoms with Gasteiger partial charge >= 0.3 is 0 Å². The lowest BCUT2D eigenvalue weighted by Crippen LogP contribution is -2.28. The van der Waals surface area contributed by atoms with Gasteiger partial charge in [0.25, 0.3) is 0 Å². The maximum atomic E-state index is 6.28. The number of rotatable bonds is 8. The summed E-state index contributed by atoms with van der Waals surface area (Å²) in [6, 6.07) is 91.3. The van der Waals surface area contributed by atoms with E-state index in [4.69, 9.17) is 14.4 Å². The molecule has 0 saturated heterocycles. The predicted octanol–water partition coefficient (Wildman–Crippen LogP) is 16.7. The first kappa shape index (κ1) is 39.4. The molecule has 0 fully saturated rings. The summed E-state index contributed by atoms with van der Waals surface area (Å²) in [6.07, 6.45) is 0. The predicted molar refractivity (Wildman–Crippen MR) is 279 cm³/mol. The second-order valence-corrected chi connectivity index (χ2v) is 17.7. The number of fused-ring (bicyclic) bond motifs is 6. The summed E-state index contributed by atoms with van der Waals surface area (Å²) in [5.74, 6) is 0.672. The molecule has 318 valence electrons. The van der Waals surface area contributed by atoms with Crippen LogP contribution in [0.3, 0.4) is 0 Å². The Morgan fingerprint density at radius 1 is 0.279 bits per heavy atom. The van der Waals surface area contributed by atoms with Gasteiger partial charge in [0.15, 0.2) is 5.82 Å². The van der Waals surface area contributed by atoms with Crippen molar-refractivity contribution in [1.29, 1.82) is 0 Å². The second-order valence-electron chi connectivity index (χ2n) is 17.7. The van der Waals surface area contributed by atoms with Gasteiger partial charge in [-0.3, -0.25) is 0 Å². The van der Waals surface area contributed by atoms with Crippen molar-refractivity contribution in [3.05, 3.63) is 277 Å². The monoisotopic (exact) mass is 866 g/mol. The van der Waals surface area contributed by atoms with Gasteiger partial charge in [-0.25, -0.2) is 9.97 Å². The van der Waals surface area contributed by atoms with Gasteiger partial charge < -0.3 is 4.42 Å². The van der Waals surface area contributed by atoms with E-state index in [9.17, 15) is 0 Å². The molecule has 2 aromatic heterocycles. The molecule has 1 aliphatic carbocycles. The van der Waals surface area contributed by atoms with Crippen LogP contribution in [0.1, 0.15) is 22.3 Å². The summed E-state index contributed by atoms with van der Waals surface area (Å²) in [7, 11) is 0. The van der Waals surface area contributed by atoms with Crippen LogP contribution in [-0.4, -0.2) is 9.97 Å². The van der Waals surface area contributed by atoms with Gasteiger partial charge in [-0.2, -0.15) is 0 Å². The first-order valence-corrected chi connectivity index (χ1v) is 23.2. The Balaban J connectivity index is 1.02. The summed E-state index contributed by atoms with van der Waals surface area (Å²) < 4.78 is 6.28. The van der Waals surface area contributed by atoms with Crippen LogP contribution in [-0.2, 0) is 5.41 Å². The minimum Gasteiger partial charge on any atom is -0.456 e. The lowest BCUT2D eigenvalue weighted by molar-refractivity contribution is 0.669. The first-order valence-electron chi connectivity index (χ1n) is 23.2. The maximum Gasteiger partial charge on any atom is 0.160 e. The Morgan fingerprint density at radius 3 is 1.50 bits per heavy atom. The fourth-order valence-electron chi connectivity index (χ4n) is 10.6. The van der Waals surface area contributed by atoms with Gasteiger partial charge in [-0.1, -0.05) is 200 Å². The molecule has 0 unspecified atom stereocenters. The lowest BCUT2D eigenvalue weighted by atomic mass is 9.67. The fourth-order valence-corrected chi connectivity index (χ4v) is 10.6. The van der Waals surface area contributed by atoms with Crippen LogP contribution in [0.25, 0.3) is 100 Å². The number of para-hydroxylation sites is 1. The SMILES string of the molecule is c1ccc(-c2cccc(-c3cc(-c4ccc5oc6ccccc6c5c4)cc(-c4cc(-c5ccc6c(c5)-c5ccccc5C6(c5ccccc5)c5ccccc5)nc(-c5ccccc5)n4)c3)c2)cc1. The Labute approximate surface area is 395 Å². The topological polar surface area (TPSA) is 38.9 Å². The quantitative estimate of drug-likeness (QED) is 0.153. The van der Waals surface area contributed by atoms with Crippen LogP contribution < -0.4 is 0 Å². The third-order valence-corrected chi connectivity index (χ3v) is 13.8. The molecule has 1 aliphatic rings. The Morgan fingerprint density at radius 2 is 0.779 bits per heavy atom. The van der Waals surface area contributed by atoms with Crippen LogP contribution in [0, 0.1) is 0 Å². The van der Waals surface area contributed by atoms with Gasteiger partial charge in [0, 0.05) is 27.5 Å². The molecule has 0 radical (unpaired) electrons. The van der Waals surface area contributed by atoms with Crippen LogP contribution in [0.15, 0.2) is 259 Å². The molecule has 0 spiro atoms. The third-order valence-electron chi connectivity index (χ3n) is 13.8. The number of furan rings is 1. The van der Waals surface area contributed by atoms with E-state index in [1.807, 2.05) is 18.2 Å². The molecule has 10 aromatic carbocycles. The van der Waals surface area contributed by atoms with Crippen LogP contribution >= 0.6 is 0 Å². The Bertz CT molecular complexity index is 3800. The zero-order valence-corrected chi connectivity index (χ0v) is 37.1. The van der Waals surface area contributed by atoms with Gasteiger partial charge in [0.1, 0.15) is 11.2 Å². The molecule has 0 N–H and O–H groups in total. The van der Waals surface area contributed by atoms with E-state index in [0.29, 0.717) is 5.82 Å². The minimum atomic E-state index is -0.487. The number of hydrogen-bond donors (Lipinski definition) is 0. The third kappa shape index (κ3) is 6.59. The van der Waals surface area contributed by atoms with E-state index in [-0.39, 0.29) is 0 Å². The van der Waals surface area contributed by atoms with Crippen molar-refractivity contribution >= 4 is 21.9 Å². The number of benzene rings is 10. The summed E-state index contributed by atoms with van der Waals surface area (Å²) in [5, 5.41) is 2.19. The van der Waals surface area contributed by atoms with Crippen molar-refractivity contribution in [2.75, 3.05) is 0 Å². The molecule has 0 saturated carbocycles. The van der Waals surface area contributed by atoms with Gasteiger partial charge in [0.2, 0.25) is 0 Å². The number of aromatic nitrogens is 2. The maximum absolute atomic E-state index is 6.28. The van der Waals surface area contributed by atoms with E-state index < -0.39 is 5.41 Å². The first-order chi connectivity index (χ1) is 33.7. The van der Waals surface area contributed by atoms with Crippen molar-refractivity contribution in [2.24, 2.45) is 0 Å². The van der Waals surface area contributed by atoms with E-state index in [2.05, 4.69) is 237 Å². The summed E-state index contributed by atoms with van der Waals surface area (Å²) >= 11 is 0. The highest BCUT2D eigenvalue weighted by molar-refractivity contribution is 6.06. The molecule has 2 heterocycles. The Kier molecular flexibility index (Phi) is 9.40. The fraction of sp³-hybridized carbons (Fsp3) is 0.0154. The van der Waals surface area contributed by atoms with Crippen LogP contribution in [0.5, 0.6) is 0 Å². The molecule has 0 amide bonds. The second kappa shape index (κ2) is 16.2. The highest BCUT2D eigenvalue weighted by Gasteiger charge is 2.46. The zero-order chi connectivity index (χ0) is 45.0. The molecular weight excluding hydrogens is 825 g/mol. The van der Waals surface area contributed by atoms with Crippen LogP contribution in [0.4, 0.5) is 0 Å². The van der Waals surface area contributed by atoms with Crippen molar-refractivity contribution in [3.8, 4) is 78.4 Å². The molecule has 68 heavy (non-hydrogen) atoms. The highest BCUT2D eigenvalue weighted by Crippen LogP contribution is 2.56. The molecule has 0 atom stereocenters. The molecule has 3 nitrogen and oxygen atoms in total. The molecule has 12 aromatic rings. The molecule has 0 aliphatic heterocycles. The average Bonchev–Trinajstić information content (AvgIpc) is 3.95. The van der Waals surface area contributed by atoms with E-state index in [0.717, 1.165) is 72.3 Å². The van der Waals surface area contributed by atoms with Crippen LogP contribution in [0.2, 0.25) is 0 Å². The Hall–Kier alpha value is -8.92. The minimum absolute atomic E-state index is 0.487. The number of hydrogen-bond acceptors (Lipinski definition) is 3. The van der Waals surface area contributed by atoms with E-state index >= 15 is 0 Å². The summed E-state index contributed by atoms with van der Waals surface area (Å²) in [4.78, 5) is 10.8. The molecular formula is C65H42N2O. The zero-order valence-electron chi connectivity index (χ0n) is 37.1. The molecule has 0 bridgehead atoms. The smallest absolute Gasteiger partial charge is 0.160 e. The van der Waals surface area contributed by atoms with Gasteiger partial charge in [0.05, 0.1) is 16.8 Å².